The predicted molar refractivity (Wildman–Crippen MR) is 126 cm³/mol. The molecule has 1 fully saturated rings. The number of carbonyl (C=O) groups is 1. The molecule has 3 aromatic rings. The van der Waals surface area contributed by atoms with Crippen LogP contribution in [0.5, 0.6) is 0 Å². The summed E-state index contributed by atoms with van der Waals surface area (Å²) in [6, 6.07) is 11.4. The lowest BCUT2D eigenvalue weighted by atomic mass is 9.92. The third-order valence-corrected chi connectivity index (χ3v) is 6.78. The monoisotopic (exact) mass is 448 g/mol. The van der Waals surface area contributed by atoms with E-state index in [1.165, 1.54) is 17.2 Å². The van der Waals surface area contributed by atoms with E-state index in [2.05, 4.69) is 35.3 Å². The first-order valence-electron chi connectivity index (χ1n) is 11.8. The van der Waals surface area contributed by atoms with Crippen LogP contribution in [0, 0.1) is 18.7 Å². The van der Waals surface area contributed by atoms with Crippen molar-refractivity contribution in [2.75, 3.05) is 29.4 Å². The van der Waals surface area contributed by atoms with Gasteiger partial charge in [-0.05, 0) is 62.4 Å². The highest BCUT2D eigenvalue weighted by Crippen LogP contribution is 2.33. The largest absolute Gasteiger partial charge is 0.369 e. The Morgan fingerprint density at radius 3 is 2.64 bits per heavy atom. The summed E-state index contributed by atoms with van der Waals surface area (Å²) < 4.78 is 20.2. The second-order valence-corrected chi connectivity index (χ2v) is 9.02. The van der Waals surface area contributed by atoms with Crippen LogP contribution >= 0.6 is 0 Å². The number of piperidine rings is 1. The van der Waals surface area contributed by atoms with Gasteiger partial charge in [-0.25, -0.2) is 4.39 Å². The van der Waals surface area contributed by atoms with Crippen LogP contribution in [0.3, 0.4) is 0 Å². The summed E-state index contributed by atoms with van der Waals surface area (Å²) in [4.78, 5) is 21.6. The summed E-state index contributed by atoms with van der Waals surface area (Å²) in [5.74, 6) is 0.806. The summed E-state index contributed by atoms with van der Waals surface area (Å²) in [6.07, 6.45) is 4.14. The van der Waals surface area contributed by atoms with Crippen molar-refractivity contribution in [1.29, 1.82) is 0 Å². The first-order valence-corrected chi connectivity index (χ1v) is 11.8. The lowest BCUT2D eigenvalue weighted by molar-refractivity contribution is -0.123. The molecule has 2 aliphatic heterocycles. The van der Waals surface area contributed by atoms with Gasteiger partial charge in [-0.3, -0.25) is 4.79 Å². The van der Waals surface area contributed by atoms with Gasteiger partial charge in [0.05, 0.1) is 5.69 Å². The summed E-state index contributed by atoms with van der Waals surface area (Å²) in [5.41, 5.74) is 4.69. The van der Waals surface area contributed by atoms with E-state index in [9.17, 15) is 9.18 Å². The molecule has 172 valence electrons. The van der Waals surface area contributed by atoms with Gasteiger partial charge >= 0.3 is 0 Å². The zero-order valence-corrected chi connectivity index (χ0v) is 19.2. The molecule has 1 amide bonds. The molecule has 1 saturated heterocycles. The van der Waals surface area contributed by atoms with Crippen molar-refractivity contribution >= 4 is 17.3 Å². The van der Waals surface area contributed by atoms with Gasteiger partial charge in [-0.2, -0.15) is 4.98 Å². The molecule has 0 unspecified atom stereocenters. The van der Waals surface area contributed by atoms with Crippen molar-refractivity contribution in [3.8, 4) is 11.5 Å². The maximum Gasteiger partial charge on any atom is 0.258 e. The van der Waals surface area contributed by atoms with E-state index < -0.39 is 0 Å². The molecule has 0 radical (unpaired) electrons. The minimum atomic E-state index is -0.311. The van der Waals surface area contributed by atoms with Crippen molar-refractivity contribution in [3.63, 3.8) is 0 Å². The number of aromatic nitrogens is 2. The average Bonchev–Trinajstić information content (AvgIpc) is 3.32. The standard InChI is InChI=1S/C26H29FN4O2/c1-3-24-28-25(33-29-24)20-7-9-23(21(27)16-20)30-13-10-18(11-14-30)26(32)31-12-4-5-19-15-17(2)6-8-22(19)31/h6-9,15-16,18H,3-5,10-14H2,1-2H3. The second kappa shape index (κ2) is 8.96. The number of halogens is 1. The fourth-order valence-corrected chi connectivity index (χ4v) is 4.95. The maximum absolute atomic E-state index is 14.9. The van der Waals surface area contributed by atoms with E-state index in [1.807, 2.05) is 22.8 Å². The molecule has 0 saturated carbocycles. The summed E-state index contributed by atoms with van der Waals surface area (Å²) in [6.45, 7) is 6.12. The Balaban J connectivity index is 1.25. The van der Waals surface area contributed by atoms with E-state index >= 15 is 0 Å². The molecule has 0 bridgehead atoms. The number of hydrogen-bond acceptors (Lipinski definition) is 5. The Morgan fingerprint density at radius 2 is 1.91 bits per heavy atom. The number of hydrogen-bond donors (Lipinski definition) is 0. The highest BCUT2D eigenvalue weighted by atomic mass is 19.1. The third-order valence-electron chi connectivity index (χ3n) is 6.78. The molecule has 5 rings (SSSR count). The Morgan fingerprint density at radius 1 is 1.12 bits per heavy atom. The molecule has 0 aliphatic carbocycles. The Hall–Kier alpha value is -3.22. The van der Waals surface area contributed by atoms with Crippen molar-refractivity contribution in [3.05, 3.63) is 59.2 Å². The molecule has 6 nitrogen and oxygen atoms in total. The van der Waals surface area contributed by atoms with Gasteiger partial charge < -0.3 is 14.3 Å². The van der Waals surface area contributed by atoms with Gasteiger partial charge in [0.25, 0.3) is 5.89 Å². The van der Waals surface area contributed by atoms with E-state index in [1.54, 1.807) is 6.07 Å². The molecular formula is C26H29FN4O2. The molecular weight excluding hydrogens is 419 g/mol. The van der Waals surface area contributed by atoms with Crippen LogP contribution in [0.4, 0.5) is 15.8 Å². The van der Waals surface area contributed by atoms with Crippen molar-refractivity contribution < 1.29 is 13.7 Å². The third kappa shape index (κ3) is 4.24. The number of carbonyl (C=O) groups excluding carboxylic acids is 1. The van der Waals surface area contributed by atoms with Crippen molar-refractivity contribution in [2.24, 2.45) is 5.92 Å². The first-order chi connectivity index (χ1) is 16.0. The van der Waals surface area contributed by atoms with E-state index in [0.717, 1.165) is 37.9 Å². The minimum Gasteiger partial charge on any atom is -0.369 e. The fourth-order valence-electron chi connectivity index (χ4n) is 4.95. The second-order valence-electron chi connectivity index (χ2n) is 9.02. The average molecular weight is 449 g/mol. The minimum absolute atomic E-state index is 0.0262. The van der Waals surface area contributed by atoms with Gasteiger partial charge in [0.15, 0.2) is 5.82 Å². The summed E-state index contributed by atoms with van der Waals surface area (Å²) in [7, 11) is 0. The van der Waals surface area contributed by atoms with Gasteiger partial charge in [0, 0.05) is 43.2 Å². The number of benzene rings is 2. The number of anilines is 2. The van der Waals surface area contributed by atoms with E-state index in [-0.39, 0.29) is 17.6 Å². The number of nitrogens with zero attached hydrogens (tertiary/aromatic N) is 4. The molecule has 3 heterocycles. The van der Waals surface area contributed by atoms with Gasteiger partial charge in [0.2, 0.25) is 5.91 Å². The van der Waals surface area contributed by atoms with E-state index in [0.29, 0.717) is 42.5 Å². The molecule has 0 spiro atoms. The zero-order valence-electron chi connectivity index (χ0n) is 19.2. The molecule has 2 aliphatic rings. The van der Waals surface area contributed by atoms with Gasteiger partial charge in [-0.15, -0.1) is 0 Å². The molecule has 0 atom stereocenters. The van der Waals surface area contributed by atoms with Crippen LogP contribution in [-0.4, -0.2) is 35.7 Å². The van der Waals surface area contributed by atoms with Crippen molar-refractivity contribution in [2.45, 2.75) is 46.0 Å². The van der Waals surface area contributed by atoms with Crippen LogP contribution in [0.2, 0.25) is 0 Å². The van der Waals surface area contributed by atoms with Crippen LogP contribution in [0.15, 0.2) is 40.9 Å². The number of fused-ring (bicyclic) bond motifs is 1. The van der Waals surface area contributed by atoms with Crippen LogP contribution in [0.1, 0.15) is 43.1 Å². The topological polar surface area (TPSA) is 62.5 Å². The SMILES string of the molecule is CCc1noc(-c2ccc(N3CCC(C(=O)N4CCCc5cc(C)ccc54)CC3)c(F)c2)n1. The number of rotatable bonds is 4. The quantitative estimate of drug-likeness (QED) is 0.566. The zero-order chi connectivity index (χ0) is 22.9. The summed E-state index contributed by atoms with van der Waals surface area (Å²) in [5, 5.41) is 3.88. The van der Waals surface area contributed by atoms with Gasteiger partial charge in [-0.1, -0.05) is 29.8 Å². The number of amides is 1. The normalized spacial score (nSPS) is 16.7. The molecule has 0 N–H and O–H groups in total. The fraction of sp³-hybridized carbons (Fsp3) is 0.423. The molecule has 33 heavy (non-hydrogen) atoms. The Bertz CT molecular complexity index is 1170. The highest BCUT2D eigenvalue weighted by Gasteiger charge is 2.32. The molecule has 1 aromatic heterocycles. The Kier molecular flexibility index (Phi) is 5.87. The lowest BCUT2D eigenvalue weighted by Gasteiger charge is -2.37. The van der Waals surface area contributed by atoms with Crippen molar-refractivity contribution in [1.82, 2.24) is 10.1 Å². The Labute approximate surface area is 193 Å². The lowest BCUT2D eigenvalue weighted by Crippen LogP contribution is -2.44. The van der Waals surface area contributed by atoms with Crippen LogP contribution < -0.4 is 9.80 Å². The number of aryl methyl sites for hydroxylation is 3. The van der Waals surface area contributed by atoms with Gasteiger partial charge in [0.1, 0.15) is 5.82 Å². The predicted octanol–water partition coefficient (Wildman–Crippen LogP) is 4.94. The highest BCUT2D eigenvalue weighted by molar-refractivity contribution is 5.96. The molecule has 2 aromatic carbocycles. The smallest absolute Gasteiger partial charge is 0.258 e. The first kappa shape index (κ1) is 21.6. The van der Waals surface area contributed by atoms with Crippen LogP contribution in [-0.2, 0) is 17.6 Å². The molecule has 7 heteroatoms. The van der Waals surface area contributed by atoms with E-state index in [4.69, 9.17) is 4.52 Å². The summed E-state index contributed by atoms with van der Waals surface area (Å²) >= 11 is 0. The van der Waals surface area contributed by atoms with Crippen LogP contribution in [0.25, 0.3) is 11.5 Å². The maximum atomic E-state index is 14.9.